The molecule has 0 saturated heterocycles. The molecule has 13 heteroatoms. The molecule has 1 aliphatic carbocycles. The summed E-state index contributed by atoms with van der Waals surface area (Å²) >= 11 is 1.44. The largest absolute Gasteiger partial charge is 1.00 e. The van der Waals surface area contributed by atoms with Crippen molar-refractivity contribution in [3.8, 4) is 11.1 Å². The highest BCUT2D eigenvalue weighted by atomic mass is 79.9. The maximum atomic E-state index is 13.5. The first kappa shape index (κ1) is 35.5. The third kappa shape index (κ3) is 8.24. The van der Waals surface area contributed by atoms with Crippen molar-refractivity contribution in [2.24, 2.45) is 0 Å². The molecule has 5 aromatic rings. The molecule has 6 rings (SSSR count). The molecule has 7 nitrogen and oxygen atoms in total. The van der Waals surface area contributed by atoms with Crippen LogP contribution in [0.3, 0.4) is 0 Å². The van der Waals surface area contributed by atoms with E-state index >= 15 is 0 Å². The standard InChI is InChI=1S/C35H35F4N6OS.BrH/c1-45(2,3)21-32-42-41-31(44(32)19-23-7-11-25(12-8-23)26-13-15-27(16-14-26)35(37,38)39)20-43-30-6-4-5-29(30)33(46)40-34(43)47-22-24-9-17-28(36)18-10-24;/h7-18H,4-6,19-22H2,1-3H3;1H/q+1;/p-1. The van der Waals surface area contributed by atoms with Crippen molar-refractivity contribution in [1.29, 1.82) is 0 Å². The van der Waals surface area contributed by atoms with Crippen LogP contribution in [0.5, 0.6) is 0 Å². The fourth-order valence-electron chi connectivity index (χ4n) is 5.78. The molecule has 48 heavy (non-hydrogen) atoms. The summed E-state index contributed by atoms with van der Waals surface area (Å²) in [6, 6.07) is 19.2. The van der Waals surface area contributed by atoms with E-state index in [-0.39, 0.29) is 28.4 Å². The molecule has 0 saturated carbocycles. The molecule has 0 amide bonds. The molecule has 1 aliphatic rings. The van der Waals surface area contributed by atoms with Crippen LogP contribution in [0.4, 0.5) is 17.6 Å². The lowest BCUT2D eigenvalue weighted by Crippen LogP contribution is -3.00. The Hall–Kier alpha value is -3.81. The number of fused-ring (bicyclic) bond motifs is 1. The average molecular weight is 744 g/mol. The highest BCUT2D eigenvalue weighted by molar-refractivity contribution is 7.98. The van der Waals surface area contributed by atoms with Gasteiger partial charge in [-0.25, -0.2) is 4.39 Å². The predicted octanol–water partition coefficient (Wildman–Crippen LogP) is 3.75. The number of thioether (sulfide) groups is 1. The summed E-state index contributed by atoms with van der Waals surface area (Å²) in [7, 11) is 6.25. The van der Waals surface area contributed by atoms with Crippen LogP contribution in [0.1, 0.15) is 46.0 Å². The Kier molecular flexibility index (Phi) is 10.6. The quantitative estimate of drug-likeness (QED) is 0.0945. The molecule has 2 aromatic heterocycles. The molecule has 0 spiro atoms. The monoisotopic (exact) mass is 742 g/mol. The van der Waals surface area contributed by atoms with Gasteiger partial charge >= 0.3 is 6.18 Å². The smallest absolute Gasteiger partial charge is 0.416 e. The van der Waals surface area contributed by atoms with Crippen molar-refractivity contribution in [2.75, 3.05) is 21.1 Å². The molecule has 252 valence electrons. The molecule has 0 unspecified atom stereocenters. The van der Waals surface area contributed by atoms with E-state index in [2.05, 4.69) is 45.5 Å². The normalized spacial score (nSPS) is 13.0. The molecule has 0 N–H and O–H groups in total. The summed E-state index contributed by atoms with van der Waals surface area (Å²) in [5.41, 5.74) is 4.26. The van der Waals surface area contributed by atoms with Crippen LogP contribution in [0.25, 0.3) is 11.1 Å². The summed E-state index contributed by atoms with van der Waals surface area (Å²) in [5.74, 6) is 1.76. The van der Waals surface area contributed by atoms with Crippen LogP contribution in [0, 0.1) is 5.82 Å². The number of hydrogen-bond acceptors (Lipinski definition) is 5. The Balaban J connectivity index is 0.00000451. The van der Waals surface area contributed by atoms with Crippen LogP contribution in [0.2, 0.25) is 0 Å². The number of quaternary nitrogens is 1. The molecule has 0 aliphatic heterocycles. The summed E-state index contributed by atoms with van der Waals surface area (Å²) in [6.45, 7) is 1.48. The van der Waals surface area contributed by atoms with Crippen molar-refractivity contribution in [3.05, 3.63) is 129 Å². The van der Waals surface area contributed by atoms with Crippen LogP contribution in [-0.4, -0.2) is 49.9 Å². The summed E-state index contributed by atoms with van der Waals surface area (Å²) < 4.78 is 57.4. The average Bonchev–Trinajstić information content (AvgIpc) is 3.66. The van der Waals surface area contributed by atoms with Crippen molar-refractivity contribution < 1.29 is 39.0 Å². The highest BCUT2D eigenvalue weighted by Crippen LogP contribution is 2.31. The van der Waals surface area contributed by atoms with E-state index in [0.29, 0.717) is 47.0 Å². The van der Waals surface area contributed by atoms with Crippen LogP contribution < -0.4 is 22.5 Å². The molecule has 2 heterocycles. The van der Waals surface area contributed by atoms with Crippen LogP contribution in [0.15, 0.2) is 82.7 Å². The third-order valence-electron chi connectivity index (χ3n) is 8.14. The van der Waals surface area contributed by atoms with Gasteiger partial charge in [-0.3, -0.25) is 4.79 Å². The first-order valence-electron chi connectivity index (χ1n) is 15.3. The fourth-order valence-corrected chi connectivity index (χ4v) is 6.75. The van der Waals surface area contributed by atoms with Gasteiger partial charge in [-0.15, -0.1) is 10.2 Å². The number of benzene rings is 3. The van der Waals surface area contributed by atoms with E-state index in [0.717, 1.165) is 64.6 Å². The number of nitrogens with zero attached hydrogens (tertiary/aromatic N) is 6. The molecular formula is C35H35BrF4N6OS. The Bertz CT molecular complexity index is 1930. The van der Waals surface area contributed by atoms with Crippen LogP contribution >= 0.6 is 11.8 Å². The predicted molar refractivity (Wildman–Crippen MR) is 173 cm³/mol. The summed E-state index contributed by atoms with van der Waals surface area (Å²) in [5, 5.41) is 9.82. The zero-order valence-corrected chi connectivity index (χ0v) is 29.2. The third-order valence-corrected chi connectivity index (χ3v) is 9.19. The van der Waals surface area contributed by atoms with Gasteiger partial charge in [0.1, 0.15) is 12.4 Å². The Morgan fingerprint density at radius 3 is 2.02 bits per heavy atom. The maximum Gasteiger partial charge on any atom is 0.416 e. The minimum Gasteiger partial charge on any atom is -1.00 e. The first-order valence-corrected chi connectivity index (χ1v) is 16.3. The molecule has 0 bridgehead atoms. The summed E-state index contributed by atoms with van der Waals surface area (Å²) in [6.07, 6.45) is -2.05. The van der Waals surface area contributed by atoms with Crippen molar-refractivity contribution in [2.45, 2.75) is 56.0 Å². The van der Waals surface area contributed by atoms with E-state index < -0.39 is 11.7 Å². The highest BCUT2D eigenvalue weighted by Gasteiger charge is 2.30. The number of aromatic nitrogens is 5. The van der Waals surface area contributed by atoms with Gasteiger partial charge in [0.25, 0.3) is 5.56 Å². The van der Waals surface area contributed by atoms with E-state index in [4.69, 9.17) is 0 Å². The lowest BCUT2D eigenvalue weighted by Gasteiger charge is -2.24. The minimum atomic E-state index is -4.38. The van der Waals surface area contributed by atoms with E-state index in [1.807, 2.05) is 24.3 Å². The maximum absolute atomic E-state index is 13.5. The van der Waals surface area contributed by atoms with Gasteiger partial charge < -0.3 is 30.6 Å². The topological polar surface area (TPSA) is 65.6 Å². The zero-order valence-electron chi connectivity index (χ0n) is 26.8. The Morgan fingerprint density at radius 2 is 1.40 bits per heavy atom. The molecule has 3 aromatic carbocycles. The number of halogens is 5. The van der Waals surface area contributed by atoms with Gasteiger partial charge in [-0.1, -0.05) is 60.3 Å². The second-order valence-electron chi connectivity index (χ2n) is 12.8. The van der Waals surface area contributed by atoms with Crippen molar-refractivity contribution in [3.63, 3.8) is 0 Å². The number of rotatable bonds is 10. The van der Waals surface area contributed by atoms with Gasteiger partial charge in [0.2, 0.25) is 0 Å². The molecule has 0 radical (unpaired) electrons. The van der Waals surface area contributed by atoms with Crippen molar-refractivity contribution in [1.82, 2.24) is 24.3 Å². The van der Waals surface area contributed by atoms with Gasteiger partial charge in [0.05, 0.1) is 39.8 Å². The van der Waals surface area contributed by atoms with Gasteiger partial charge in [0, 0.05) is 17.0 Å². The zero-order chi connectivity index (χ0) is 33.3. The second-order valence-corrected chi connectivity index (χ2v) is 13.8. The number of alkyl halides is 3. The van der Waals surface area contributed by atoms with Gasteiger partial charge in [-0.2, -0.15) is 18.2 Å². The lowest BCUT2D eigenvalue weighted by atomic mass is 10.0. The Labute approximate surface area is 291 Å². The fraction of sp³-hybridized carbons (Fsp3) is 0.314. The molecular weight excluding hydrogens is 708 g/mol. The van der Waals surface area contributed by atoms with Gasteiger partial charge in [0.15, 0.2) is 16.8 Å². The first-order chi connectivity index (χ1) is 22.3. The van der Waals surface area contributed by atoms with E-state index in [1.54, 1.807) is 12.1 Å². The Morgan fingerprint density at radius 1 is 0.792 bits per heavy atom. The lowest BCUT2D eigenvalue weighted by molar-refractivity contribution is -0.884. The summed E-state index contributed by atoms with van der Waals surface area (Å²) in [4.78, 5) is 17.5. The van der Waals surface area contributed by atoms with Crippen LogP contribution in [-0.2, 0) is 44.4 Å². The SMILES string of the molecule is C[N+](C)(C)Cc1nnc(Cn2c(SCc3ccc(F)cc3)nc(=O)c3c2CCC3)n1Cc1ccc(-c2ccc(C(F)(F)F)cc2)cc1.[Br-]. The molecule has 0 atom stereocenters. The van der Waals surface area contributed by atoms with E-state index in [9.17, 15) is 22.4 Å². The van der Waals surface area contributed by atoms with E-state index in [1.165, 1.54) is 36.0 Å². The number of hydrogen-bond donors (Lipinski definition) is 0. The minimum absolute atomic E-state index is 0. The molecule has 0 fully saturated rings. The van der Waals surface area contributed by atoms with Gasteiger partial charge in [-0.05, 0) is 65.8 Å². The second kappa shape index (κ2) is 14.4. The van der Waals surface area contributed by atoms with Crippen molar-refractivity contribution >= 4 is 11.8 Å².